The van der Waals surface area contributed by atoms with E-state index in [0.717, 1.165) is 18.8 Å². The van der Waals surface area contributed by atoms with Gasteiger partial charge >= 0.3 is 23.1 Å². The summed E-state index contributed by atoms with van der Waals surface area (Å²) in [4.78, 5) is 0. The minimum atomic E-state index is 0. The molecule has 0 aliphatic rings. The van der Waals surface area contributed by atoms with Crippen molar-refractivity contribution in [1.29, 1.82) is 0 Å². The zero-order valence-electron chi connectivity index (χ0n) is 10.2. The second-order valence-corrected chi connectivity index (χ2v) is 3.24. The zero-order valence-corrected chi connectivity index (χ0v) is 11.6. The molecule has 0 aromatic heterocycles. The van der Waals surface area contributed by atoms with Gasteiger partial charge in [0.2, 0.25) is 0 Å². The van der Waals surface area contributed by atoms with Crippen LogP contribution in [0.4, 0.5) is 0 Å². The molecule has 0 aromatic rings. The van der Waals surface area contributed by atoms with Crippen LogP contribution >= 0.6 is 0 Å². The van der Waals surface area contributed by atoms with Crippen molar-refractivity contribution in [2.75, 3.05) is 0 Å². The van der Waals surface area contributed by atoms with Gasteiger partial charge in [0, 0.05) is 18.9 Å². The third kappa shape index (κ3) is 42.6. The maximum absolute atomic E-state index is 3.76. The van der Waals surface area contributed by atoms with Crippen molar-refractivity contribution in [2.24, 2.45) is 5.92 Å². The number of hydrogen-bond acceptors (Lipinski definition) is 0. The van der Waals surface area contributed by atoms with Gasteiger partial charge in [0.15, 0.2) is 0 Å². The van der Waals surface area contributed by atoms with Crippen molar-refractivity contribution in [3.63, 3.8) is 0 Å². The summed E-state index contributed by atoms with van der Waals surface area (Å²) in [5, 5.41) is 0. The molecule has 0 unspecified atom stereocenters. The molecule has 0 spiro atoms. The van der Waals surface area contributed by atoms with Gasteiger partial charge in [0.25, 0.3) is 0 Å². The van der Waals surface area contributed by atoms with Crippen molar-refractivity contribution >= 4 is 41.9 Å². The second kappa shape index (κ2) is 23.3. The quantitative estimate of drug-likeness (QED) is 0.467. The third-order valence-corrected chi connectivity index (χ3v) is 1.39. The van der Waals surface area contributed by atoms with Crippen LogP contribution in [0, 0.1) is 19.8 Å². The average molecular weight is 188 g/mol. The number of rotatable bonds is 4. The van der Waals surface area contributed by atoms with E-state index in [0.29, 0.717) is 0 Å². The first-order valence-corrected chi connectivity index (χ1v) is 4.77. The topological polar surface area (TPSA) is 0 Å². The predicted molar refractivity (Wildman–Crippen MR) is 65.8 cm³/mol. The Morgan fingerprint density at radius 2 is 1.46 bits per heavy atom. The summed E-state index contributed by atoms with van der Waals surface area (Å²) in [5.41, 5.74) is 0. The Balaban J connectivity index is -0.0000000600. The van der Waals surface area contributed by atoms with Crippen molar-refractivity contribution in [3.05, 3.63) is 13.8 Å². The molecule has 0 saturated heterocycles. The Hall–Kier alpha value is 1.36. The fraction of sp³-hybridized carbons (Fsp3) is 0.818. The van der Waals surface area contributed by atoms with Gasteiger partial charge in [0.1, 0.15) is 0 Å². The molecule has 13 heavy (non-hydrogen) atoms. The van der Waals surface area contributed by atoms with Crippen LogP contribution in [-0.4, -0.2) is 41.9 Å². The molecule has 0 fully saturated rings. The molecule has 0 saturated carbocycles. The van der Waals surface area contributed by atoms with Crippen LogP contribution in [0.5, 0.6) is 0 Å². The van der Waals surface area contributed by atoms with Crippen LogP contribution in [0.1, 0.15) is 52.9 Å². The Kier molecular flexibility index (Phi) is 42.8. The number of unbranched alkanes of at least 4 members (excludes halogenated alkanes) is 2. The third-order valence-electron chi connectivity index (χ3n) is 1.39. The van der Waals surface area contributed by atoms with Crippen LogP contribution in [-0.2, 0) is 0 Å². The summed E-state index contributed by atoms with van der Waals surface area (Å²) in [6.45, 7) is 14.0. The van der Waals surface area contributed by atoms with E-state index >= 15 is 0 Å². The van der Waals surface area contributed by atoms with Crippen molar-refractivity contribution in [1.82, 2.24) is 0 Å². The first-order valence-electron chi connectivity index (χ1n) is 4.77. The monoisotopic (exact) mass is 187 g/mol. The standard InChI is InChI=1S/C7H15.C4H9.Li.Mg/c1-4-5-6-7(2)3;1-3-4-2;;/h7H,1,4-6H2,2-3H3;1,3-4H2,2H3;;/q2*-1;;+2. The van der Waals surface area contributed by atoms with E-state index in [1.165, 1.54) is 19.3 Å². The van der Waals surface area contributed by atoms with E-state index in [2.05, 4.69) is 34.6 Å². The molecule has 0 amide bonds. The van der Waals surface area contributed by atoms with Crippen LogP contribution in [0.3, 0.4) is 0 Å². The molecule has 1 radical (unpaired) electrons. The minimum absolute atomic E-state index is 0. The Labute approximate surface area is 114 Å². The van der Waals surface area contributed by atoms with E-state index in [-0.39, 0.29) is 41.9 Å². The van der Waals surface area contributed by atoms with Gasteiger partial charge in [-0.2, -0.15) is 12.8 Å². The van der Waals surface area contributed by atoms with Crippen LogP contribution in [0.2, 0.25) is 0 Å². The Morgan fingerprint density at radius 1 is 1.08 bits per heavy atom. The Morgan fingerprint density at radius 3 is 1.54 bits per heavy atom. The van der Waals surface area contributed by atoms with Crippen LogP contribution < -0.4 is 0 Å². The summed E-state index contributed by atoms with van der Waals surface area (Å²) in [7, 11) is 0. The normalized spacial score (nSPS) is 7.85. The van der Waals surface area contributed by atoms with Crippen molar-refractivity contribution in [3.8, 4) is 0 Å². The van der Waals surface area contributed by atoms with Gasteiger partial charge in [0.05, 0.1) is 0 Å². The minimum Gasteiger partial charge on any atom is -0.343 e. The number of hydrogen-bond donors (Lipinski definition) is 0. The van der Waals surface area contributed by atoms with Gasteiger partial charge in [-0.1, -0.05) is 40.0 Å². The molecule has 0 aliphatic carbocycles. The first-order chi connectivity index (χ1) is 5.18. The molecule has 0 aromatic carbocycles. The summed E-state index contributed by atoms with van der Waals surface area (Å²) in [6.07, 6.45) is 6.00. The second-order valence-electron chi connectivity index (χ2n) is 3.24. The first kappa shape index (κ1) is 23.9. The molecular weight excluding hydrogens is 163 g/mol. The van der Waals surface area contributed by atoms with Gasteiger partial charge in [-0.15, -0.1) is 0 Å². The van der Waals surface area contributed by atoms with Crippen molar-refractivity contribution < 1.29 is 0 Å². The Bertz CT molecular complexity index is 54.1. The van der Waals surface area contributed by atoms with E-state index in [1.54, 1.807) is 0 Å². The van der Waals surface area contributed by atoms with E-state index in [1.807, 2.05) is 0 Å². The van der Waals surface area contributed by atoms with Gasteiger partial charge < -0.3 is 13.8 Å². The molecule has 0 rings (SSSR count). The van der Waals surface area contributed by atoms with Crippen molar-refractivity contribution in [2.45, 2.75) is 52.9 Å². The molecule has 0 heterocycles. The van der Waals surface area contributed by atoms with E-state index in [9.17, 15) is 0 Å². The summed E-state index contributed by atoms with van der Waals surface area (Å²) >= 11 is 0. The fourth-order valence-electron chi connectivity index (χ4n) is 0.553. The molecule has 0 nitrogen and oxygen atoms in total. The molecule has 0 atom stereocenters. The summed E-state index contributed by atoms with van der Waals surface area (Å²) < 4.78 is 0. The fourth-order valence-corrected chi connectivity index (χ4v) is 0.553. The van der Waals surface area contributed by atoms with E-state index < -0.39 is 0 Å². The molecule has 71 valence electrons. The van der Waals surface area contributed by atoms with Crippen LogP contribution in [0.25, 0.3) is 0 Å². The maximum Gasteiger partial charge on any atom is 2.00 e. The molecule has 0 bridgehead atoms. The summed E-state index contributed by atoms with van der Waals surface area (Å²) in [5.74, 6) is 0.863. The molecule has 0 N–H and O–H groups in total. The SMILES string of the molecule is [CH2-]CCC.[CH2-]CCCC(C)C.[Li].[Mg+2]. The smallest absolute Gasteiger partial charge is 0.343 e. The molecule has 2 heteroatoms. The molecular formula is C11H24LiMg. The van der Waals surface area contributed by atoms with Gasteiger partial charge in [-0.3, -0.25) is 0 Å². The molecule has 0 aliphatic heterocycles. The van der Waals surface area contributed by atoms with Gasteiger partial charge in [-0.25, -0.2) is 0 Å². The average Bonchev–Trinajstić information content (AvgIpc) is 2.01. The summed E-state index contributed by atoms with van der Waals surface area (Å²) in [6, 6.07) is 0. The van der Waals surface area contributed by atoms with E-state index in [4.69, 9.17) is 0 Å². The zero-order chi connectivity index (χ0) is 9.11. The maximum atomic E-state index is 3.76. The van der Waals surface area contributed by atoms with Crippen LogP contribution in [0.15, 0.2) is 0 Å². The largest absolute Gasteiger partial charge is 2.00 e. The van der Waals surface area contributed by atoms with Gasteiger partial charge in [-0.05, 0) is 5.92 Å². The predicted octanol–water partition coefficient (Wildman–Crippen LogP) is 3.51.